The summed E-state index contributed by atoms with van der Waals surface area (Å²) in [6, 6.07) is 6.09. The summed E-state index contributed by atoms with van der Waals surface area (Å²) in [4.78, 5) is 0. The first-order valence-electron chi connectivity index (χ1n) is 4.40. The fourth-order valence-electron chi connectivity index (χ4n) is 1.40. The number of nitrogens with two attached hydrogens (primary N) is 1. The maximum Gasteiger partial charge on any atom is 0.0696 e. The summed E-state index contributed by atoms with van der Waals surface area (Å²) in [5, 5.41) is 0. The number of methoxy groups -OCH3 is 1. The fraction of sp³-hybridized carbons (Fsp3) is 0.400. The normalized spacial score (nSPS) is 12.9. The number of benzene rings is 1. The number of rotatable bonds is 4. The highest BCUT2D eigenvalue weighted by Crippen LogP contribution is 2.24. The lowest BCUT2D eigenvalue weighted by Crippen LogP contribution is -2.31. The van der Waals surface area contributed by atoms with Crippen LogP contribution in [0.4, 0.5) is 0 Å². The van der Waals surface area contributed by atoms with Crippen molar-refractivity contribution < 1.29 is 4.74 Å². The summed E-state index contributed by atoms with van der Waals surface area (Å²) < 4.78 is 6.18. The Morgan fingerprint density at radius 2 is 2.29 bits per heavy atom. The Labute approximate surface area is 92.7 Å². The molecule has 0 aliphatic carbocycles. The molecule has 0 aromatic heterocycles. The lowest BCUT2D eigenvalue weighted by molar-refractivity contribution is 0.167. The Morgan fingerprint density at radius 1 is 1.57 bits per heavy atom. The molecule has 0 fully saturated rings. The summed E-state index contributed by atoms with van der Waals surface area (Å²) in [6.07, 6.45) is 0. The molecule has 4 heteroatoms. The number of hydrazine groups is 1. The van der Waals surface area contributed by atoms with Crippen molar-refractivity contribution in [1.29, 1.82) is 0 Å². The highest BCUT2D eigenvalue weighted by molar-refractivity contribution is 9.10. The van der Waals surface area contributed by atoms with Crippen LogP contribution in [0.3, 0.4) is 0 Å². The van der Waals surface area contributed by atoms with Crippen molar-refractivity contribution in [3.05, 3.63) is 33.8 Å². The van der Waals surface area contributed by atoms with Crippen molar-refractivity contribution in [2.75, 3.05) is 13.7 Å². The van der Waals surface area contributed by atoms with Gasteiger partial charge in [0.1, 0.15) is 0 Å². The maximum absolute atomic E-state index is 5.46. The fourth-order valence-corrected chi connectivity index (χ4v) is 1.78. The molecule has 0 spiro atoms. The summed E-state index contributed by atoms with van der Waals surface area (Å²) in [5.41, 5.74) is 5.09. The minimum atomic E-state index is 0.0394. The maximum atomic E-state index is 5.46. The lowest BCUT2D eigenvalue weighted by Gasteiger charge is -2.18. The van der Waals surface area contributed by atoms with Gasteiger partial charge in [0.05, 0.1) is 12.6 Å². The zero-order valence-corrected chi connectivity index (χ0v) is 9.97. The second-order valence-electron chi connectivity index (χ2n) is 3.13. The Balaban J connectivity index is 2.97. The van der Waals surface area contributed by atoms with Gasteiger partial charge in [0, 0.05) is 11.6 Å². The second-order valence-corrected chi connectivity index (χ2v) is 3.98. The van der Waals surface area contributed by atoms with Crippen LogP contribution >= 0.6 is 15.9 Å². The van der Waals surface area contributed by atoms with E-state index in [0.29, 0.717) is 6.61 Å². The molecule has 0 amide bonds. The SMILES string of the molecule is COCC(NN)c1cccc(Br)c1C. The van der Waals surface area contributed by atoms with Gasteiger partial charge >= 0.3 is 0 Å². The summed E-state index contributed by atoms with van der Waals surface area (Å²) in [6.45, 7) is 2.62. The Kier molecular flexibility index (Phi) is 4.54. The minimum absolute atomic E-state index is 0.0394. The van der Waals surface area contributed by atoms with Crippen molar-refractivity contribution in [3.8, 4) is 0 Å². The van der Waals surface area contributed by atoms with Crippen molar-refractivity contribution >= 4 is 15.9 Å². The molecule has 3 nitrogen and oxygen atoms in total. The van der Waals surface area contributed by atoms with E-state index in [9.17, 15) is 0 Å². The Morgan fingerprint density at radius 3 is 2.86 bits per heavy atom. The smallest absolute Gasteiger partial charge is 0.0696 e. The van der Waals surface area contributed by atoms with Crippen LogP contribution < -0.4 is 11.3 Å². The zero-order chi connectivity index (χ0) is 10.6. The van der Waals surface area contributed by atoms with Gasteiger partial charge in [-0.3, -0.25) is 11.3 Å². The van der Waals surface area contributed by atoms with E-state index >= 15 is 0 Å². The number of hydrogen-bond donors (Lipinski definition) is 2. The van der Waals surface area contributed by atoms with Crippen LogP contribution in [-0.2, 0) is 4.74 Å². The predicted octanol–water partition coefficient (Wildman–Crippen LogP) is 1.91. The van der Waals surface area contributed by atoms with E-state index in [2.05, 4.69) is 28.3 Å². The van der Waals surface area contributed by atoms with Crippen LogP contribution in [0.5, 0.6) is 0 Å². The molecule has 1 rings (SSSR count). The van der Waals surface area contributed by atoms with Crippen LogP contribution in [0.25, 0.3) is 0 Å². The van der Waals surface area contributed by atoms with Crippen molar-refractivity contribution in [2.24, 2.45) is 5.84 Å². The largest absolute Gasteiger partial charge is 0.383 e. The summed E-state index contributed by atoms with van der Waals surface area (Å²) >= 11 is 3.49. The molecule has 0 bridgehead atoms. The molecular weight excluding hydrogens is 244 g/mol. The van der Waals surface area contributed by atoms with E-state index in [1.165, 1.54) is 5.56 Å². The van der Waals surface area contributed by atoms with Gasteiger partial charge in [-0.15, -0.1) is 0 Å². The zero-order valence-electron chi connectivity index (χ0n) is 8.38. The molecule has 0 aliphatic heterocycles. The Bertz CT molecular complexity index is 304. The van der Waals surface area contributed by atoms with E-state index in [0.717, 1.165) is 10.0 Å². The van der Waals surface area contributed by atoms with Crippen LogP contribution in [0.2, 0.25) is 0 Å². The molecule has 1 aromatic rings. The molecular formula is C10H15BrN2O. The summed E-state index contributed by atoms with van der Waals surface area (Å²) in [7, 11) is 1.66. The lowest BCUT2D eigenvalue weighted by atomic mass is 10.0. The molecule has 14 heavy (non-hydrogen) atoms. The number of ether oxygens (including phenoxy) is 1. The van der Waals surface area contributed by atoms with Gasteiger partial charge < -0.3 is 4.74 Å². The van der Waals surface area contributed by atoms with Crippen LogP contribution in [0, 0.1) is 6.92 Å². The number of hydrogen-bond acceptors (Lipinski definition) is 3. The molecule has 0 radical (unpaired) electrons. The molecule has 1 aromatic carbocycles. The molecule has 1 atom stereocenters. The molecule has 78 valence electrons. The van der Waals surface area contributed by atoms with Crippen LogP contribution in [0.1, 0.15) is 17.2 Å². The third kappa shape index (κ3) is 2.54. The first-order chi connectivity index (χ1) is 6.70. The van der Waals surface area contributed by atoms with E-state index in [-0.39, 0.29) is 6.04 Å². The second kappa shape index (κ2) is 5.46. The molecule has 0 aliphatic rings. The highest BCUT2D eigenvalue weighted by Gasteiger charge is 2.12. The molecule has 0 saturated carbocycles. The molecule has 3 N–H and O–H groups in total. The average molecular weight is 259 g/mol. The summed E-state index contributed by atoms with van der Waals surface area (Å²) in [5.74, 6) is 5.46. The first-order valence-corrected chi connectivity index (χ1v) is 5.20. The quantitative estimate of drug-likeness (QED) is 0.641. The van der Waals surface area contributed by atoms with Crippen LogP contribution in [0.15, 0.2) is 22.7 Å². The Hall–Kier alpha value is -0.420. The van der Waals surface area contributed by atoms with Gasteiger partial charge in [0.25, 0.3) is 0 Å². The minimum Gasteiger partial charge on any atom is -0.383 e. The van der Waals surface area contributed by atoms with Crippen LogP contribution in [-0.4, -0.2) is 13.7 Å². The topological polar surface area (TPSA) is 47.3 Å². The van der Waals surface area contributed by atoms with E-state index in [1.54, 1.807) is 7.11 Å². The predicted molar refractivity (Wildman–Crippen MR) is 60.8 cm³/mol. The van der Waals surface area contributed by atoms with Gasteiger partial charge in [-0.2, -0.15) is 0 Å². The van der Waals surface area contributed by atoms with Gasteiger partial charge in [0.15, 0.2) is 0 Å². The monoisotopic (exact) mass is 258 g/mol. The third-order valence-electron chi connectivity index (χ3n) is 2.22. The average Bonchev–Trinajstić information content (AvgIpc) is 2.19. The first kappa shape index (κ1) is 11.7. The molecule has 0 saturated heterocycles. The van der Waals surface area contributed by atoms with Gasteiger partial charge in [-0.25, -0.2) is 0 Å². The van der Waals surface area contributed by atoms with E-state index in [4.69, 9.17) is 10.6 Å². The van der Waals surface area contributed by atoms with Gasteiger partial charge in [-0.1, -0.05) is 28.1 Å². The number of halogens is 1. The number of nitrogens with one attached hydrogen (secondary N) is 1. The molecule has 1 unspecified atom stereocenters. The van der Waals surface area contributed by atoms with Gasteiger partial charge in [-0.05, 0) is 24.1 Å². The van der Waals surface area contributed by atoms with Crippen molar-refractivity contribution in [1.82, 2.24) is 5.43 Å². The van der Waals surface area contributed by atoms with E-state index in [1.807, 2.05) is 18.2 Å². The standard InChI is InChI=1S/C10H15BrN2O/c1-7-8(4-3-5-9(7)11)10(13-12)6-14-2/h3-5,10,13H,6,12H2,1-2H3. The third-order valence-corrected chi connectivity index (χ3v) is 3.08. The van der Waals surface area contributed by atoms with Gasteiger partial charge in [0.2, 0.25) is 0 Å². The highest BCUT2D eigenvalue weighted by atomic mass is 79.9. The molecule has 0 heterocycles. The van der Waals surface area contributed by atoms with Crippen molar-refractivity contribution in [2.45, 2.75) is 13.0 Å². The van der Waals surface area contributed by atoms with Crippen molar-refractivity contribution in [3.63, 3.8) is 0 Å². The van der Waals surface area contributed by atoms with E-state index < -0.39 is 0 Å².